The minimum atomic E-state index is -0.0415. The highest BCUT2D eigenvalue weighted by Gasteiger charge is 2.17. The number of pyridine rings is 1. The van der Waals surface area contributed by atoms with Gasteiger partial charge in [0.2, 0.25) is 0 Å². The number of aryl methyl sites for hydroxylation is 1. The van der Waals surface area contributed by atoms with Crippen LogP contribution in [0.3, 0.4) is 0 Å². The highest BCUT2D eigenvalue weighted by atomic mass is 16.5. The molecule has 0 atom stereocenters. The van der Waals surface area contributed by atoms with Crippen molar-refractivity contribution in [2.45, 2.75) is 13.8 Å². The number of aromatic nitrogens is 1. The maximum atomic E-state index is 12.8. The zero-order valence-electron chi connectivity index (χ0n) is 17.6. The Bertz CT molecular complexity index is 1040. The topological polar surface area (TPSA) is 66.5 Å². The Morgan fingerprint density at radius 2 is 1.87 bits per heavy atom. The molecular formula is C24H28N4O2. The van der Waals surface area contributed by atoms with Crippen LogP contribution in [0.2, 0.25) is 0 Å². The van der Waals surface area contributed by atoms with E-state index in [0.717, 1.165) is 65.4 Å². The van der Waals surface area contributed by atoms with Crippen LogP contribution < -0.4 is 15.5 Å². The number of carbonyl (C=O) groups excluding carboxylic acids is 1. The van der Waals surface area contributed by atoms with Gasteiger partial charge in [-0.1, -0.05) is 24.3 Å². The fraction of sp³-hybridized carbons (Fsp3) is 0.333. The maximum Gasteiger partial charge on any atom is 0.251 e. The van der Waals surface area contributed by atoms with E-state index in [1.54, 1.807) is 0 Å². The van der Waals surface area contributed by atoms with Crippen molar-refractivity contribution in [1.82, 2.24) is 10.3 Å². The molecule has 0 radical (unpaired) electrons. The maximum absolute atomic E-state index is 12.8. The van der Waals surface area contributed by atoms with Crippen LogP contribution >= 0.6 is 0 Å². The third-order valence-electron chi connectivity index (χ3n) is 5.47. The van der Waals surface area contributed by atoms with E-state index in [0.29, 0.717) is 13.1 Å². The monoisotopic (exact) mass is 404 g/mol. The van der Waals surface area contributed by atoms with Crippen molar-refractivity contribution in [2.75, 3.05) is 49.6 Å². The lowest BCUT2D eigenvalue weighted by atomic mass is 10.0. The number of morpholine rings is 1. The smallest absolute Gasteiger partial charge is 0.251 e. The third kappa shape index (κ3) is 4.39. The molecule has 0 saturated carbocycles. The summed E-state index contributed by atoms with van der Waals surface area (Å²) >= 11 is 0. The summed E-state index contributed by atoms with van der Waals surface area (Å²) in [6.07, 6.45) is 0. The van der Waals surface area contributed by atoms with E-state index in [1.165, 1.54) is 0 Å². The van der Waals surface area contributed by atoms with Crippen molar-refractivity contribution in [3.8, 4) is 0 Å². The molecule has 2 aromatic carbocycles. The molecule has 1 aliphatic rings. The van der Waals surface area contributed by atoms with Crippen molar-refractivity contribution >= 4 is 28.2 Å². The third-order valence-corrected chi connectivity index (χ3v) is 5.47. The number of hydrogen-bond donors (Lipinski definition) is 2. The van der Waals surface area contributed by atoms with Gasteiger partial charge in [-0.2, -0.15) is 0 Å². The molecule has 156 valence electrons. The lowest BCUT2D eigenvalue weighted by Gasteiger charge is -2.30. The van der Waals surface area contributed by atoms with Crippen LogP contribution in [0, 0.1) is 13.8 Å². The summed E-state index contributed by atoms with van der Waals surface area (Å²) in [4.78, 5) is 19.6. The van der Waals surface area contributed by atoms with Gasteiger partial charge >= 0.3 is 0 Å². The van der Waals surface area contributed by atoms with Crippen LogP contribution in [0.5, 0.6) is 0 Å². The van der Waals surface area contributed by atoms with Gasteiger partial charge in [-0.05, 0) is 43.7 Å². The number of fused-ring (bicyclic) bond motifs is 1. The van der Waals surface area contributed by atoms with Crippen molar-refractivity contribution in [1.29, 1.82) is 0 Å². The molecule has 0 bridgehead atoms. The first-order valence-corrected chi connectivity index (χ1v) is 10.4. The number of carbonyl (C=O) groups is 1. The number of nitrogens with one attached hydrogen (secondary N) is 2. The minimum absolute atomic E-state index is 0.0415. The van der Waals surface area contributed by atoms with E-state index < -0.39 is 0 Å². The Hall–Kier alpha value is -3.12. The van der Waals surface area contributed by atoms with Crippen molar-refractivity contribution < 1.29 is 9.53 Å². The highest BCUT2D eigenvalue weighted by Crippen LogP contribution is 2.24. The quantitative estimate of drug-likeness (QED) is 0.616. The summed E-state index contributed by atoms with van der Waals surface area (Å²) < 4.78 is 5.44. The molecule has 2 heterocycles. The van der Waals surface area contributed by atoms with E-state index in [4.69, 9.17) is 4.74 Å². The van der Waals surface area contributed by atoms with Gasteiger partial charge in [0.15, 0.2) is 0 Å². The number of amides is 1. The number of rotatable bonds is 6. The number of benzene rings is 2. The lowest BCUT2D eigenvalue weighted by molar-refractivity contribution is 0.0954. The molecule has 3 aromatic rings. The molecule has 0 unspecified atom stereocenters. The van der Waals surface area contributed by atoms with Crippen LogP contribution in [0.25, 0.3) is 10.9 Å². The standard InChI is InChI=1S/C24H28N4O2/c1-17-16-22(20-6-3-4-8-21(20)27-17)25-10-11-26-24(29)19-7-5-9-23(18(19)2)28-12-14-30-15-13-28/h3-9,16H,10-15H2,1-2H3,(H,25,27)(H,26,29). The molecule has 1 aliphatic heterocycles. The molecular weight excluding hydrogens is 376 g/mol. The molecule has 0 spiro atoms. The number of para-hydroxylation sites is 1. The Labute approximate surface area is 177 Å². The molecule has 6 nitrogen and oxygen atoms in total. The summed E-state index contributed by atoms with van der Waals surface area (Å²) in [5.41, 5.74) is 5.83. The Morgan fingerprint density at radius 3 is 2.70 bits per heavy atom. The summed E-state index contributed by atoms with van der Waals surface area (Å²) in [6, 6.07) is 16.0. The van der Waals surface area contributed by atoms with Gasteiger partial charge in [0.25, 0.3) is 5.91 Å². The number of anilines is 2. The molecule has 1 fully saturated rings. The van der Waals surface area contributed by atoms with Crippen LogP contribution in [0.15, 0.2) is 48.5 Å². The van der Waals surface area contributed by atoms with Gasteiger partial charge < -0.3 is 20.3 Å². The van der Waals surface area contributed by atoms with Gasteiger partial charge in [0.05, 0.1) is 18.7 Å². The first-order chi connectivity index (χ1) is 14.6. The summed E-state index contributed by atoms with van der Waals surface area (Å²) in [6.45, 7) is 8.35. The van der Waals surface area contributed by atoms with Crippen molar-refractivity contribution in [2.24, 2.45) is 0 Å². The van der Waals surface area contributed by atoms with Crippen molar-refractivity contribution in [3.05, 3.63) is 65.4 Å². The highest BCUT2D eigenvalue weighted by molar-refractivity contribution is 5.97. The van der Waals surface area contributed by atoms with E-state index in [-0.39, 0.29) is 5.91 Å². The second-order valence-electron chi connectivity index (χ2n) is 7.56. The van der Waals surface area contributed by atoms with Crippen LogP contribution in [0.1, 0.15) is 21.6 Å². The molecule has 1 aromatic heterocycles. The fourth-order valence-electron chi connectivity index (χ4n) is 3.94. The predicted molar refractivity (Wildman–Crippen MR) is 122 cm³/mol. The molecule has 30 heavy (non-hydrogen) atoms. The lowest BCUT2D eigenvalue weighted by Crippen LogP contribution is -2.37. The SMILES string of the molecule is Cc1cc(NCCNC(=O)c2cccc(N3CCOCC3)c2C)c2ccccc2n1. The minimum Gasteiger partial charge on any atom is -0.383 e. The summed E-state index contributed by atoms with van der Waals surface area (Å²) in [7, 11) is 0. The van der Waals surface area contributed by atoms with E-state index >= 15 is 0 Å². The first kappa shape index (κ1) is 20.2. The Morgan fingerprint density at radius 1 is 1.07 bits per heavy atom. The predicted octanol–water partition coefficient (Wildman–Crippen LogP) is 3.53. The molecule has 4 rings (SSSR count). The normalized spacial score (nSPS) is 14.0. The van der Waals surface area contributed by atoms with Gasteiger partial charge in [0, 0.05) is 54.2 Å². The summed E-state index contributed by atoms with van der Waals surface area (Å²) in [5.74, 6) is -0.0415. The van der Waals surface area contributed by atoms with E-state index in [1.807, 2.05) is 50.2 Å². The zero-order valence-corrected chi connectivity index (χ0v) is 17.6. The van der Waals surface area contributed by atoms with Crippen LogP contribution in [-0.2, 0) is 4.74 Å². The Balaban J connectivity index is 1.38. The Kier molecular flexibility index (Phi) is 6.14. The number of ether oxygens (including phenoxy) is 1. The second-order valence-corrected chi connectivity index (χ2v) is 7.56. The number of hydrogen-bond acceptors (Lipinski definition) is 5. The fourth-order valence-corrected chi connectivity index (χ4v) is 3.94. The van der Waals surface area contributed by atoms with Crippen LogP contribution in [-0.4, -0.2) is 50.3 Å². The van der Waals surface area contributed by atoms with Crippen LogP contribution in [0.4, 0.5) is 11.4 Å². The van der Waals surface area contributed by atoms with E-state index in [2.05, 4.69) is 32.7 Å². The molecule has 6 heteroatoms. The molecule has 0 aliphatic carbocycles. The van der Waals surface area contributed by atoms with Crippen molar-refractivity contribution in [3.63, 3.8) is 0 Å². The van der Waals surface area contributed by atoms with Gasteiger partial charge in [-0.25, -0.2) is 0 Å². The molecule has 1 amide bonds. The molecule has 2 N–H and O–H groups in total. The van der Waals surface area contributed by atoms with Gasteiger partial charge in [-0.15, -0.1) is 0 Å². The van der Waals surface area contributed by atoms with Gasteiger partial charge in [-0.3, -0.25) is 9.78 Å². The summed E-state index contributed by atoms with van der Waals surface area (Å²) in [5, 5.41) is 7.57. The largest absolute Gasteiger partial charge is 0.383 e. The zero-order chi connectivity index (χ0) is 20.9. The average Bonchev–Trinajstić information content (AvgIpc) is 2.77. The van der Waals surface area contributed by atoms with Gasteiger partial charge in [0.1, 0.15) is 0 Å². The molecule has 1 saturated heterocycles. The number of nitrogens with zero attached hydrogens (tertiary/aromatic N) is 2. The average molecular weight is 405 g/mol. The first-order valence-electron chi connectivity index (χ1n) is 10.4. The van der Waals surface area contributed by atoms with E-state index in [9.17, 15) is 4.79 Å². The second kappa shape index (κ2) is 9.13.